The number of aliphatic imine (C=N–C) groups is 1. The number of allylic oxidation sites excluding steroid dienone is 1. The molecule has 0 amide bonds. The Hall–Kier alpha value is -0.790. The van der Waals surface area contributed by atoms with Crippen molar-refractivity contribution in [2.75, 3.05) is 0 Å². The van der Waals surface area contributed by atoms with Gasteiger partial charge in [-0.15, -0.1) is 0 Å². The molecule has 1 aliphatic heterocycles. The molecule has 2 nitrogen and oxygen atoms in total. The Labute approximate surface area is 73.8 Å². The average Bonchev–Trinajstić information content (AvgIpc) is 2.48. The molecule has 2 aliphatic rings. The monoisotopic (exact) mass is 163 g/mol. The first-order valence-corrected chi connectivity index (χ1v) is 4.89. The van der Waals surface area contributed by atoms with E-state index in [1.807, 2.05) is 6.20 Å². The normalized spacial score (nSPS) is 24.8. The van der Waals surface area contributed by atoms with E-state index < -0.39 is 0 Å². The molecule has 0 spiro atoms. The van der Waals surface area contributed by atoms with Crippen LogP contribution >= 0.6 is 0 Å². The van der Waals surface area contributed by atoms with Gasteiger partial charge in [0.25, 0.3) is 0 Å². The molecule has 0 aromatic rings. The quantitative estimate of drug-likeness (QED) is 0.531. The van der Waals surface area contributed by atoms with Gasteiger partial charge in [-0.2, -0.15) is 0 Å². The number of rotatable bonds is 1. The summed E-state index contributed by atoms with van der Waals surface area (Å²) in [5.41, 5.74) is 1.22. The summed E-state index contributed by atoms with van der Waals surface area (Å²) in [4.78, 5) is 4.27. The zero-order valence-electron chi connectivity index (χ0n) is 7.37. The molecular formula is C10H15N2. The molecule has 1 saturated carbocycles. The molecule has 1 radical (unpaired) electrons. The SMILES string of the molecule is C1=NC(C2CCCCCC2)=C[N]1. The van der Waals surface area contributed by atoms with E-state index in [4.69, 9.17) is 0 Å². The van der Waals surface area contributed by atoms with Crippen LogP contribution in [-0.2, 0) is 0 Å². The van der Waals surface area contributed by atoms with E-state index in [2.05, 4.69) is 10.3 Å². The highest BCUT2D eigenvalue weighted by Gasteiger charge is 2.17. The predicted octanol–water partition coefficient (Wildman–Crippen LogP) is 2.44. The number of nitrogens with zero attached hydrogens (tertiary/aromatic N) is 2. The standard InChI is InChI=1S/C10H15N2/c1-2-4-6-9(5-3-1)10-7-11-8-12-10/h7-9H,1-6H2. The molecule has 0 saturated heterocycles. The molecule has 0 unspecified atom stereocenters. The highest BCUT2D eigenvalue weighted by molar-refractivity contribution is 5.60. The van der Waals surface area contributed by atoms with Gasteiger partial charge in [0, 0.05) is 5.92 Å². The van der Waals surface area contributed by atoms with E-state index in [0.717, 1.165) is 0 Å². The van der Waals surface area contributed by atoms with E-state index in [1.54, 1.807) is 6.34 Å². The van der Waals surface area contributed by atoms with Gasteiger partial charge in [0.05, 0.1) is 11.9 Å². The number of hydrogen-bond acceptors (Lipinski definition) is 1. The third-order valence-electron chi connectivity index (χ3n) is 2.75. The van der Waals surface area contributed by atoms with Crippen molar-refractivity contribution in [3.63, 3.8) is 0 Å². The lowest BCUT2D eigenvalue weighted by Gasteiger charge is -2.11. The number of hydrogen-bond donors (Lipinski definition) is 0. The molecule has 2 rings (SSSR count). The Morgan fingerprint density at radius 1 is 1.08 bits per heavy atom. The first-order valence-electron chi connectivity index (χ1n) is 4.89. The molecule has 0 bridgehead atoms. The molecule has 65 valence electrons. The second-order valence-electron chi connectivity index (χ2n) is 3.64. The Kier molecular flexibility index (Phi) is 2.45. The van der Waals surface area contributed by atoms with Crippen molar-refractivity contribution in [1.82, 2.24) is 5.32 Å². The summed E-state index contributed by atoms with van der Waals surface area (Å²) in [7, 11) is 0. The predicted molar refractivity (Wildman–Crippen MR) is 49.9 cm³/mol. The van der Waals surface area contributed by atoms with E-state index in [0.29, 0.717) is 5.92 Å². The lowest BCUT2D eigenvalue weighted by molar-refractivity contribution is 0.526. The topological polar surface area (TPSA) is 26.5 Å². The first-order chi connectivity index (χ1) is 5.97. The van der Waals surface area contributed by atoms with Crippen LogP contribution in [0.2, 0.25) is 0 Å². The third-order valence-corrected chi connectivity index (χ3v) is 2.75. The fraction of sp³-hybridized carbons (Fsp3) is 0.700. The second kappa shape index (κ2) is 3.74. The fourth-order valence-corrected chi connectivity index (χ4v) is 2.03. The molecule has 0 atom stereocenters. The molecule has 2 heteroatoms. The van der Waals surface area contributed by atoms with Gasteiger partial charge >= 0.3 is 0 Å². The molecule has 0 aromatic heterocycles. The maximum absolute atomic E-state index is 4.27. The van der Waals surface area contributed by atoms with Crippen LogP contribution in [0.3, 0.4) is 0 Å². The van der Waals surface area contributed by atoms with E-state index in [-0.39, 0.29) is 0 Å². The van der Waals surface area contributed by atoms with Crippen molar-refractivity contribution in [3.8, 4) is 0 Å². The molecule has 0 N–H and O–H groups in total. The lowest BCUT2D eigenvalue weighted by Crippen LogP contribution is -1.99. The fourth-order valence-electron chi connectivity index (χ4n) is 2.03. The largest absolute Gasteiger partial charge is 0.243 e. The van der Waals surface area contributed by atoms with Crippen LogP contribution in [-0.4, -0.2) is 6.34 Å². The maximum Gasteiger partial charge on any atom is 0.115 e. The molecule has 12 heavy (non-hydrogen) atoms. The van der Waals surface area contributed by atoms with Gasteiger partial charge in [0.1, 0.15) is 6.34 Å². The average molecular weight is 163 g/mol. The van der Waals surface area contributed by atoms with Crippen LogP contribution in [0.4, 0.5) is 0 Å². The highest BCUT2D eigenvalue weighted by Crippen LogP contribution is 2.29. The van der Waals surface area contributed by atoms with Crippen molar-refractivity contribution in [3.05, 3.63) is 11.9 Å². The van der Waals surface area contributed by atoms with Crippen LogP contribution in [0.25, 0.3) is 0 Å². The van der Waals surface area contributed by atoms with Gasteiger partial charge in [-0.05, 0) is 12.8 Å². The first kappa shape index (κ1) is 7.84. The zero-order valence-corrected chi connectivity index (χ0v) is 7.37. The highest BCUT2D eigenvalue weighted by atomic mass is 15.0. The second-order valence-corrected chi connectivity index (χ2v) is 3.64. The van der Waals surface area contributed by atoms with Gasteiger partial charge in [-0.1, -0.05) is 25.7 Å². The van der Waals surface area contributed by atoms with Gasteiger partial charge in [-0.3, -0.25) is 0 Å². The summed E-state index contributed by atoms with van der Waals surface area (Å²) >= 11 is 0. The van der Waals surface area contributed by atoms with Crippen LogP contribution < -0.4 is 5.32 Å². The Morgan fingerprint density at radius 3 is 2.42 bits per heavy atom. The third kappa shape index (κ3) is 1.68. The van der Waals surface area contributed by atoms with Crippen LogP contribution in [0.1, 0.15) is 38.5 Å². The molecular weight excluding hydrogens is 148 g/mol. The Bertz CT molecular complexity index is 198. The Morgan fingerprint density at radius 2 is 1.83 bits per heavy atom. The van der Waals surface area contributed by atoms with Crippen molar-refractivity contribution >= 4 is 6.34 Å². The van der Waals surface area contributed by atoms with Crippen molar-refractivity contribution in [2.45, 2.75) is 38.5 Å². The van der Waals surface area contributed by atoms with Crippen LogP contribution in [0, 0.1) is 5.92 Å². The Balaban J connectivity index is 1.96. The van der Waals surface area contributed by atoms with E-state index >= 15 is 0 Å². The van der Waals surface area contributed by atoms with Gasteiger partial charge in [-0.25, -0.2) is 10.3 Å². The van der Waals surface area contributed by atoms with Gasteiger partial charge in [0.15, 0.2) is 0 Å². The van der Waals surface area contributed by atoms with E-state index in [9.17, 15) is 0 Å². The van der Waals surface area contributed by atoms with Crippen LogP contribution in [0.5, 0.6) is 0 Å². The summed E-state index contributed by atoms with van der Waals surface area (Å²) in [6, 6.07) is 0. The zero-order chi connectivity index (χ0) is 8.23. The van der Waals surface area contributed by atoms with Crippen LogP contribution in [0.15, 0.2) is 16.9 Å². The van der Waals surface area contributed by atoms with Gasteiger partial charge < -0.3 is 0 Å². The minimum atomic E-state index is 0.704. The summed E-state index contributed by atoms with van der Waals surface area (Å²) in [5.74, 6) is 0.704. The van der Waals surface area contributed by atoms with Crippen molar-refractivity contribution in [2.24, 2.45) is 10.9 Å². The molecule has 1 fully saturated rings. The van der Waals surface area contributed by atoms with Crippen molar-refractivity contribution in [1.29, 1.82) is 0 Å². The summed E-state index contributed by atoms with van der Waals surface area (Å²) in [6.07, 6.45) is 11.8. The molecule has 1 aliphatic carbocycles. The maximum atomic E-state index is 4.27. The summed E-state index contributed by atoms with van der Waals surface area (Å²) in [6.45, 7) is 0. The van der Waals surface area contributed by atoms with E-state index in [1.165, 1.54) is 44.2 Å². The molecule has 0 aromatic carbocycles. The lowest BCUT2D eigenvalue weighted by atomic mass is 9.97. The minimum absolute atomic E-state index is 0.704. The smallest absolute Gasteiger partial charge is 0.115 e. The summed E-state index contributed by atoms with van der Waals surface area (Å²) < 4.78 is 0. The van der Waals surface area contributed by atoms with Crippen molar-refractivity contribution < 1.29 is 0 Å². The summed E-state index contributed by atoms with van der Waals surface area (Å²) in [5, 5.41) is 4.02. The molecule has 1 heterocycles. The minimum Gasteiger partial charge on any atom is -0.243 e. The van der Waals surface area contributed by atoms with Gasteiger partial charge in [0.2, 0.25) is 0 Å².